The first-order chi connectivity index (χ1) is 9.49. The second-order valence-corrected chi connectivity index (χ2v) is 4.20. The molecule has 4 N–H and O–H groups in total. The maximum atomic E-state index is 12.1. The minimum absolute atomic E-state index is 0.0304. The molecule has 1 unspecified atom stereocenters. The number of amides is 3. The van der Waals surface area contributed by atoms with Gasteiger partial charge in [0.05, 0.1) is 0 Å². The largest absolute Gasteiger partial charge is 0.508 e. The Hall–Kier alpha value is -2.77. The van der Waals surface area contributed by atoms with Gasteiger partial charge < -0.3 is 20.8 Å². The van der Waals surface area contributed by atoms with Crippen molar-refractivity contribution in [3.05, 3.63) is 24.3 Å². The van der Waals surface area contributed by atoms with E-state index in [0.29, 0.717) is 12.2 Å². The Labute approximate surface area is 114 Å². The quantitative estimate of drug-likeness (QED) is 0.553. The Morgan fingerprint density at radius 2 is 2.00 bits per heavy atom. The Morgan fingerprint density at radius 3 is 2.45 bits per heavy atom. The molecule has 0 bridgehead atoms. The van der Waals surface area contributed by atoms with E-state index >= 15 is 0 Å². The van der Waals surface area contributed by atoms with Crippen molar-refractivity contribution in [3.63, 3.8) is 0 Å². The van der Waals surface area contributed by atoms with Gasteiger partial charge in [-0.1, -0.05) is 0 Å². The number of aromatic hydroxyl groups is 1. The molecule has 20 heavy (non-hydrogen) atoms. The Kier molecular flexibility index (Phi) is 3.74. The second kappa shape index (κ2) is 5.47. The molecule has 0 saturated carbocycles. The van der Waals surface area contributed by atoms with Crippen LogP contribution in [-0.4, -0.2) is 47.3 Å². The molecule has 106 valence electrons. The molecule has 3 amide bonds. The standard InChI is InChI=1S/C12H13N3O5/c16-8-3-1-7(2-4-8)15(9-5-13-11(9)18)10(17)6-14-12(19)20/h1-4,9,14,16H,5-6H2,(H,13,18)(H,19,20). The number of nitrogens with zero attached hydrogens (tertiary/aromatic N) is 1. The van der Waals surface area contributed by atoms with E-state index in [2.05, 4.69) is 5.32 Å². The minimum atomic E-state index is -1.32. The fourth-order valence-corrected chi connectivity index (χ4v) is 1.83. The molecule has 1 aromatic rings. The molecule has 0 aliphatic carbocycles. The van der Waals surface area contributed by atoms with Crippen LogP contribution in [0.1, 0.15) is 0 Å². The average Bonchev–Trinajstić information content (AvgIpc) is 2.41. The summed E-state index contributed by atoms with van der Waals surface area (Å²) in [4.78, 5) is 35.2. The third-order valence-corrected chi connectivity index (χ3v) is 2.87. The van der Waals surface area contributed by atoms with Gasteiger partial charge in [-0.25, -0.2) is 4.79 Å². The highest BCUT2D eigenvalue weighted by Crippen LogP contribution is 2.22. The Balaban J connectivity index is 2.20. The summed E-state index contributed by atoms with van der Waals surface area (Å²) in [5, 5.41) is 22.3. The van der Waals surface area contributed by atoms with E-state index in [1.807, 2.05) is 5.32 Å². The maximum Gasteiger partial charge on any atom is 0.405 e. The lowest BCUT2D eigenvalue weighted by atomic mass is 10.1. The molecule has 1 atom stereocenters. The van der Waals surface area contributed by atoms with E-state index in [9.17, 15) is 19.5 Å². The molecule has 8 nitrogen and oxygen atoms in total. The van der Waals surface area contributed by atoms with Crippen LogP contribution in [0.5, 0.6) is 5.75 Å². The first kappa shape index (κ1) is 13.7. The number of hydrogen-bond acceptors (Lipinski definition) is 4. The van der Waals surface area contributed by atoms with Crippen molar-refractivity contribution in [2.75, 3.05) is 18.0 Å². The van der Waals surface area contributed by atoms with Crippen LogP contribution in [-0.2, 0) is 9.59 Å². The number of carboxylic acid groups (broad SMARTS) is 1. The van der Waals surface area contributed by atoms with E-state index in [-0.39, 0.29) is 11.7 Å². The molecule has 1 aliphatic heterocycles. The van der Waals surface area contributed by atoms with Crippen LogP contribution in [0, 0.1) is 0 Å². The van der Waals surface area contributed by atoms with Gasteiger partial charge in [-0.15, -0.1) is 0 Å². The van der Waals surface area contributed by atoms with Crippen molar-refractivity contribution in [2.45, 2.75) is 6.04 Å². The summed E-state index contributed by atoms with van der Waals surface area (Å²) < 4.78 is 0. The van der Waals surface area contributed by atoms with Gasteiger partial charge in [-0.2, -0.15) is 0 Å². The number of rotatable bonds is 4. The van der Waals surface area contributed by atoms with Crippen LogP contribution >= 0.6 is 0 Å². The van der Waals surface area contributed by atoms with Gasteiger partial charge >= 0.3 is 6.09 Å². The Bertz CT molecular complexity index is 543. The van der Waals surface area contributed by atoms with E-state index in [1.54, 1.807) is 0 Å². The first-order valence-electron chi connectivity index (χ1n) is 5.84. The van der Waals surface area contributed by atoms with Gasteiger partial charge in [0, 0.05) is 12.2 Å². The summed E-state index contributed by atoms with van der Waals surface area (Å²) in [6.07, 6.45) is -1.32. The zero-order chi connectivity index (χ0) is 14.7. The van der Waals surface area contributed by atoms with Crippen molar-refractivity contribution < 1.29 is 24.6 Å². The molecular formula is C12H13N3O5. The third-order valence-electron chi connectivity index (χ3n) is 2.87. The fraction of sp³-hybridized carbons (Fsp3) is 0.250. The molecule has 1 fully saturated rings. The van der Waals surface area contributed by atoms with E-state index < -0.39 is 24.6 Å². The number of phenols is 1. The highest BCUT2D eigenvalue weighted by molar-refractivity contribution is 6.04. The smallest absolute Gasteiger partial charge is 0.405 e. The predicted octanol–water partition coefficient (Wildman–Crippen LogP) is -0.509. The van der Waals surface area contributed by atoms with Crippen molar-refractivity contribution in [2.24, 2.45) is 0 Å². The fourth-order valence-electron chi connectivity index (χ4n) is 1.83. The van der Waals surface area contributed by atoms with Gasteiger partial charge in [-0.3, -0.25) is 14.5 Å². The molecule has 8 heteroatoms. The summed E-state index contributed by atoms with van der Waals surface area (Å²) >= 11 is 0. The number of phenolic OH excluding ortho intramolecular Hbond substituents is 1. The summed E-state index contributed by atoms with van der Waals surface area (Å²) in [6, 6.07) is 5.08. The maximum absolute atomic E-state index is 12.1. The van der Waals surface area contributed by atoms with Crippen LogP contribution < -0.4 is 15.5 Å². The molecule has 1 saturated heterocycles. The van der Waals surface area contributed by atoms with Gasteiger partial charge in [0.2, 0.25) is 11.8 Å². The van der Waals surface area contributed by atoms with Crippen LogP contribution in [0.15, 0.2) is 24.3 Å². The average molecular weight is 279 g/mol. The number of benzene rings is 1. The molecule has 1 heterocycles. The molecular weight excluding hydrogens is 266 g/mol. The van der Waals surface area contributed by atoms with E-state index in [1.165, 1.54) is 29.2 Å². The van der Waals surface area contributed by atoms with Crippen LogP contribution in [0.25, 0.3) is 0 Å². The van der Waals surface area contributed by atoms with Crippen LogP contribution in [0.3, 0.4) is 0 Å². The zero-order valence-corrected chi connectivity index (χ0v) is 10.4. The van der Waals surface area contributed by atoms with Crippen molar-refractivity contribution in [3.8, 4) is 5.75 Å². The normalized spacial score (nSPS) is 16.8. The lowest BCUT2D eigenvalue weighted by Crippen LogP contribution is -2.64. The summed E-state index contributed by atoms with van der Waals surface area (Å²) in [5.41, 5.74) is 0.417. The molecule has 1 aromatic carbocycles. The molecule has 1 aliphatic rings. The first-order valence-corrected chi connectivity index (χ1v) is 5.84. The lowest BCUT2D eigenvalue weighted by molar-refractivity contribution is -0.130. The lowest BCUT2D eigenvalue weighted by Gasteiger charge is -2.36. The van der Waals surface area contributed by atoms with Gasteiger partial charge in [0.15, 0.2) is 0 Å². The Morgan fingerprint density at radius 1 is 1.35 bits per heavy atom. The number of nitrogens with one attached hydrogen (secondary N) is 2. The van der Waals surface area contributed by atoms with Crippen LogP contribution in [0.4, 0.5) is 10.5 Å². The molecule has 0 radical (unpaired) electrons. The highest BCUT2D eigenvalue weighted by atomic mass is 16.4. The third kappa shape index (κ3) is 2.79. The summed E-state index contributed by atoms with van der Waals surface area (Å²) in [7, 11) is 0. The molecule has 0 aromatic heterocycles. The molecule has 2 rings (SSSR count). The van der Waals surface area contributed by atoms with Gasteiger partial charge in [0.25, 0.3) is 0 Å². The number of β-lactam (4-membered cyclic amide) rings is 1. The highest BCUT2D eigenvalue weighted by Gasteiger charge is 2.37. The SMILES string of the molecule is O=C(O)NCC(=O)N(c1ccc(O)cc1)C1CNC1=O. The van der Waals surface area contributed by atoms with Gasteiger partial charge in [-0.05, 0) is 24.3 Å². The second-order valence-electron chi connectivity index (χ2n) is 4.20. The summed E-state index contributed by atoms with van der Waals surface area (Å²) in [6.45, 7) is -0.126. The van der Waals surface area contributed by atoms with Crippen molar-refractivity contribution >= 4 is 23.6 Å². The topological polar surface area (TPSA) is 119 Å². The number of hydrogen-bond donors (Lipinski definition) is 4. The predicted molar refractivity (Wildman–Crippen MR) is 68.4 cm³/mol. The zero-order valence-electron chi connectivity index (χ0n) is 10.4. The van der Waals surface area contributed by atoms with E-state index in [0.717, 1.165) is 0 Å². The monoisotopic (exact) mass is 279 g/mol. The van der Waals surface area contributed by atoms with Gasteiger partial charge in [0.1, 0.15) is 18.3 Å². The molecule has 0 spiro atoms. The number of carbonyl (C=O) groups is 3. The minimum Gasteiger partial charge on any atom is -0.508 e. The van der Waals surface area contributed by atoms with Crippen molar-refractivity contribution in [1.29, 1.82) is 0 Å². The number of carbonyl (C=O) groups excluding carboxylic acids is 2. The van der Waals surface area contributed by atoms with E-state index in [4.69, 9.17) is 5.11 Å². The summed E-state index contributed by atoms with van der Waals surface area (Å²) in [5.74, 6) is -0.817. The van der Waals surface area contributed by atoms with Crippen LogP contribution in [0.2, 0.25) is 0 Å². The van der Waals surface area contributed by atoms with Crippen molar-refractivity contribution in [1.82, 2.24) is 10.6 Å². The number of anilines is 1.